The van der Waals surface area contributed by atoms with Crippen molar-refractivity contribution in [3.05, 3.63) is 39.3 Å². The first-order valence-electron chi connectivity index (χ1n) is 6.34. The van der Waals surface area contributed by atoms with Crippen LogP contribution >= 0.6 is 0 Å². The summed E-state index contributed by atoms with van der Waals surface area (Å²) in [7, 11) is 0. The summed E-state index contributed by atoms with van der Waals surface area (Å²) in [6, 6.07) is 0.987. The lowest BCUT2D eigenvalue weighted by Crippen LogP contribution is -2.29. The van der Waals surface area contributed by atoms with Crippen LogP contribution in [0.1, 0.15) is 16.7 Å². The molecule has 0 aliphatic carbocycles. The monoisotopic (exact) mass is 325 g/mol. The van der Waals surface area contributed by atoms with Crippen molar-refractivity contribution >= 4 is 0 Å². The summed E-state index contributed by atoms with van der Waals surface area (Å²) >= 11 is 0. The summed E-state index contributed by atoms with van der Waals surface area (Å²) < 4.78 is 0.561. The van der Waals surface area contributed by atoms with Crippen LogP contribution in [0.5, 0.6) is 23.0 Å². The van der Waals surface area contributed by atoms with Gasteiger partial charge in [0, 0.05) is 17.3 Å². The molecular weight excluding hydrogens is 310 g/mol. The minimum Gasteiger partial charge on any atom is -0.504 e. The molecule has 0 amide bonds. The third-order valence-electron chi connectivity index (χ3n) is 3.43. The summed E-state index contributed by atoms with van der Waals surface area (Å²) in [6.07, 6.45) is 0.734. The van der Waals surface area contributed by atoms with Gasteiger partial charge in [0.05, 0.1) is 5.56 Å². The second kappa shape index (κ2) is 5.16. The molecule has 0 fully saturated rings. The van der Waals surface area contributed by atoms with Crippen molar-refractivity contribution in [1.29, 1.82) is 0 Å². The van der Waals surface area contributed by atoms with E-state index in [1.54, 1.807) is 0 Å². The maximum atomic E-state index is 12.2. The normalized spacial score (nSPS) is 11.7. The zero-order valence-corrected chi connectivity index (χ0v) is 12.1. The SMILES string of the molecule is Cc1c(O)c(O)c(-n2cc(C(O)(O)O)cc(C)c2=O)c(O)c1O. The summed E-state index contributed by atoms with van der Waals surface area (Å²) in [5.41, 5.74) is -2.29. The Hall–Kier alpha value is -2.75. The second-order valence-electron chi connectivity index (χ2n) is 5.09. The van der Waals surface area contributed by atoms with E-state index in [9.17, 15) is 40.5 Å². The Bertz CT molecular complexity index is 818. The van der Waals surface area contributed by atoms with E-state index >= 15 is 0 Å². The molecule has 7 N–H and O–H groups in total. The molecule has 0 bridgehead atoms. The quantitative estimate of drug-likeness (QED) is 0.218. The van der Waals surface area contributed by atoms with E-state index in [0.717, 1.165) is 12.3 Å². The Morgan fingerprint density at radius 2 is 1.39 bits per heavy atom. The summed E-state index contributed by atoms with van der Waals surface area (Å²) in [5.74, 6) is -6.63. The largest absolute Gasteiger partial charge is 0.504 e. The highest BCUT2D eigenvalue weighted by atomic mass is 16.7. The molecule has 1 heterocycles. The summed E-state index contributed by atoms with van der Waals surface area (Å²) in [4.78, 5) is 12.2. The number of pyridine rings is 1. The van der Waals surface area contributed by atoms with Crippen LogP contribution in [0.15, 0.2) is 17.1 Å². The molecule has 0 saturated heterocycles. The van der Waals surface area contributed by atoms with Crippen LogP contribution in [0.3, 0.4) is 0 Å². The van der Waals surface area contributed by atoms with Crippen LogP contribution in [0.25, 0.3) is 5.69 Å². The van der Waals surface area contributed by atoms with Crippen molar-refractivity contribution in [3.8, 4) is 28.7 Å². The molecular formula is C14H15NO8. The average molecular weight is 325 g/mol. The van der Waals surface area contributed by atoms with E-state index in [4.69, 9.17) is 0 Å². The number of hydrogen-bond donors (Lipinski definition) is 7. The van der Waals surface area contributed by atoms with Gasteiger partial charge in [-0.1, -0.05) is 0 Å². The third kappa shape index (κ3) is 2.57. The van der Waals surface area contributed by atoms with Gasteiger partial charge in [-0.3, -0.25) is 9.36 Å². The van der Waals surface area contributed by atoms with Crippen LogP contribution in [-0.4, -0.2) is 40.3 Å². The van der Waals surface area contributed by atoms with Gasteiger partial charge in [-0.25, -0.2) is 0 Å². The molecule has 9 nitrogen and oxygen atoms in total. The van der Waals surface area contributed by atoms with Gasteiger partial charge < -0.3 is 35.7 Å². The second-order valence-corrected chi connectivity index (χ2v) is 5.09. The minimum atomic E-state index is -3.28. The first kappa shape index (κ1) is 16.6. The van der Waals surface area contributed by atoms with Gasteiger partial charge in [0.15, 0.2) is 23.0 Å². The predicted octanol–water partition coefficient (Wildman–Crippen LogP) is -0.636. The molecule has 2 rings (SSSR count). The fraction of sp³-hybridized carbons (Fsp3) is 0.214. The Labute approximate surface area is 129 Å². The van der Waals surface area contributed by atoms with Crippen molar-refractivity contribution in [2.45, 2.75) is 19.8 Å². The maximum absolute atomic E-state index is 12.2. The van der Waals surface area contributed by atoms with Crippen molar-refractivity contribution in [2.75, 3.05) is 0 Å². The van der Waals surface area contributed by atoms with Crippen molar-refractivity contribution in [3.63, 3.8) is 0 Å². The standard InChI is InChI=1S/C14H15NO8/c1-5-3-7(14(21,22)23)4-15(13(5)20)8-11(18)9(16)6(2)10(17)12(8)19/h3-4,16-19,21-23H,1-2H3. The minimum absolute atomic E-state index is 0.0672. The van der Waals surface area contributed by atoms with Gasteiger partial charge in [0.25, 0.3) is 5.56 Å². The van der Waals surface area contributed by atoms with Gasteiger partial charge in [-0.2, -0.15) is 0 Å². The number of aromatic hydroxyl groups is 4. The molecule has 0 radical (unpaired) electrons. The molecule has 0 aliphatic heterocycles. The van der Waals surface area contributed by atoms with Gasteiger partial charge >= 0.3 is 5.97 Å². The fourth-order valence-corrected chi connectivity index (χ4v) is 2.10. The zero-order chi connectivity index (χ0) is 17.7. The molecule has 0 atom stereocenters. The smallest absolute Gasteiger partial charge is 0.305 e. The van der Waals surface area contributed by atoms with E-state index in [1.165, 1.54) is 13.8 Å². The number of hydrogen-bond acceptors (Lipinski definition) is 8. The van der Waals surface area contributed by atoms with E-state index < -0.39 is 45.8 Å². The zero-order valence-electron chi connectivity index (χ0n) is 12.1. The van der Waals surface area contributed by atoms with Gasteiger partial charge in [0.2, 0.25) is 0 Å². The van der Waals surface area contributed by atoms with Crippen LogP contribution in [0.2, 0.25) is 0 Å². The molecule has 9 heteroatoms. The number of phenolic OH excluding ortho intramolecular Hbond substituents is 4. The Morgan fingerprint density at radius 1 is 0.913 bits per heavy atom. The molecule has 1 aromatic heterocycles. The highest BCUT2D eigenvalue weighted by molar-refractivity contribution is 5.71. The molecule has 0 spiro atoms. The van der Waals surface area contributed by atoms with E-state index in [2.05, 4.69) is 0 Å². The molecule has 1 aromatic carbocycles. The Morgan fingerprint density at radius 3 is 1.83 bits per heavy atom. The van der Waals surface area contributed by atoms with Crippen LogP contribution in [0, 0.1) is 13.8 Å². The maximum Gasteiger partial charge on any atom is 0.305 e. The predicted molar refractivity (Wildman–Crippen MR) is 76.5 cm³/mol. The Balaban J connectivity index is 2.94. The Kier molecular flexibility index (Phi) is 3.73. The molecule has 124 valence electrons. The number of rotatable bonds is 2. The lowest BCUT2D eigenvalue weighted by Gasteiger charge is -2.19. The number of aromatic nitrogens is 1. The van der Waals surface area contributed by atoms with Crippen LogP contribution in [0.4, 0.5) is 0 Å². The van der Waals surface area contributed by atoms with Crippen LogP contribution < -0.4 is 5.56 Å². The van der Waals surface area contributed by atoms with Gasteiger partial charge in [0.1, 0.15) is 5.69 Å². The number of nitrogens with zero attached hydrogens (tertiary/aromatic N) is 1. The van der Waals surface area contributed by atoms with E-state index in [1.807, 2.05) is 0 Å². The number of benzene rings is 1. The van der Waals surface area contributed by atoms with Crippen molar-refractivity contribution in [2.24, 2.45) is 0 Å². The average Bonchev–Trinajstić information content (AvgIpc) is 2.46. The number of aryl methyl sites for hydroxylation is 1. The fourth-order valence-electron chi connectivity index (χ4n) is 2.10. The highest BCUT2D eigenvalue weighted by Gasteiger charge is 2.27. The molecule has 2 aromatic rings. The van der Waals surface area contributed by atoms with Gasteiger partial charge in [-0.05, 0) is 19.9 Å². The number of aliphatic hydroxyl groups is 3. The first-order valence-corrected chi connectivity index (χ1v) is 6.34. The van der Waals surface area contributed by atoms with E-state index in [0.29, 0.717) is 4.57 Å². The number of phenols is 4. The molecule has 0 saturated carbocycles. The molecule has 23 heavy (non-hydrogen) atoms. The van der Waals surface area contributed by atoms with Gasteiger partial charge in [-0.15, -0.1) is 0 Å². The van der Waals surface area contributed by atoms with Crippen molar-refractivity contribution < 1.29 is 35.7 Å². The highest BCUT2D eigenvalue weighted by Crippen LogP contribution is 2.47. The summed E-state index contributed by atoms with van der Waals surface area (Å²) in [5, 5.41) is 67.2. The van der Waals surface area contributed by atoms with Crippen molar-refractivity contribution in [1.82, 2.24) is 4.57 Å². The molecule has 0 unspecified atom stereocenters. The molecule has 0 aliphatic rings. The lowest BCUT2D eigenvalue weighted by atomic mass is 10.1. The van der Waals surface area contributed by atoms with Crippen LogP contribution in [-0.2, 0) is 5.97 Å². The lowest BCUT2D eigenvalue weighted by molar-refractivity contribution is -0.324. The topological polar surface area (TPSA) is 164 Å². The van der Waals surface area contributed by atoms with E-state index in [-0.39, 0.29) is 11.1 Å². The summed E-state index contributed by atoms with van der Waals surface area (Å²) in [6.45, 7) is 2.51. The third-order valence-corrected chi connectivity index (χ3v) is 3.43. The first-order chi connectivity index (χ1) is 10.5.